The molecular weight excluding hydrogens is 282 g/mol. The molecular formula is C13H19NO3S2. The second-order valence-corrected chi connectivity index (χ2v) is 5.89. The van der Waals surface area contributed by atoms with Gasteiger partial charge in [-0.05, 0) is 37.6 Å². The number of aromatic hydroxyl groups is 1. The van der Waals surface area contributed by atoms with E-state index in [1.807, 2.05) is 6.08 Å². The van der Waals surface area contributed by atoms with Crippen LogP contribution in [-0.2, 0) is 11.3 Å². The van der Waals surface area contributed by atoms with E-state index in [9.17, 15) is 9.90 Å². The number of nitrogens with zero attached hydrogens (tertiary/aromatic N) is 1. The number of hydrogen-bond donors (Lipinski definition) is 2. The van der Waals surface area contributed by atoms with E-state index in [0.717, 1.165) is 17.7 Å². The number of carbonyl (C=O) groups is 1. The summed E-state index contributed by atoms with van der Waals surface area (Å²) in [6, 6.07) is 0. The maximum absolute atomic E-state index is 10.5. The van der Waals surface area contributed by atoms with Crippen molar-refractivity contribution in [2.75, 3.05) is 0 Å². The standard InChI is InChI=1S/C13H19NO3S2/c1-3-9(4-2)8-10-12(17)14(13(18)19-10)7-5-6-11(15)16/h8,17H,3-7H2,1-2H3,(H,15,16). The van der Waals surface area contributed by atoms with Crippen LogP contribution in [0.5, 0.6) is 5.88 Å². The van der Waals surface area contributed by atoms with Crippen LogP contribution in [0.3, 0.4) is 0 Å². The molecule has 4 nitrogen and oxygen atoms in total. The zero-order valence-electron chi connectivity index (χ0n) is 11.2. The minimum atomic E-state index is -0.833. The highest BCUT2D eigenvalue weighted by Gasteiger charge is 2.10. The highest BCUT2D eigenvalue weighted by molar-refractivity contribution is 7.73. The second kappa shape index (κ2) is 7.45. The second-order valence-electron chi connectivity index (χ2n) is 4.21. The van der Waals surface area contributed by atoms with Crippen LogP contribution in [0.1, 0.15) is 44.4 Å². The van der Waals surface area contributed by atoms with Crippen LogP contribution in [0.25, 0.3) is 6.08 Å². The van der Waals surface area contributed by atoms with Gasteiger partial charge < -0.3 is 10.2 Å². The van der Waals surface area contributed by atoms with Gasteiger partial charge in [0.1, 0.15) is 0 Å². The molecule has 1 rings (SSSR count). The lowest BCUT2D eigenvalue weighted by Crippen LogP contribution is -2.01. The van der Waals surface area contributed by atoms with Gasteiger partial charge in [-0.2, -0.15) is 0 Å². The quantitative estimate of drug-likeness (QED) is 0.746. The number of hydrogen-bond acceptors (Lipinski definition) is 4. The average molecular weight is 301 g/mol. The van der Waals surface area contributed by atoms with E-state index >= 15 is 0 Å². The van der Waals surface area contributed by atoms with E-state index in [2.05, 4.69) is 13.8 Å². The normalized spacial score (nSPS) is 10.4. The number of carboxylic acids is 1. The van der Waals surface area contributed by atoms with E-state index in [-0.39, 0.29) is 12.3 Å². The van der Waals surface area contributed by atoms with Crippen molar-refractivity contribution in [2.45, 2.75) is 46.1 Å². The van der Waals surface area contributed by atoms with Crippen molar-refractivity contribution < 1.29 is 15.0 Å². The number of aromatic nitrogens is 1. The molecule has 0 fully saturated rings. The van der Waals surface area contributed by atoms with Crippen LogP contribution >= 0.6 is 23.6 Å². The summed E-state index contributed by atoms with van der Waals surface area (Å²) in [5.74, 6) is -0.680. The van der Waals surface area contributed by atoms with Crippen LogP contribution in [0.15, 0.2) is 5.57 Å². The van der Waals surface area contributed by atoms with Crippen molar-refractivity contribution in [1.82, 2.24) is 4.57 Å². The third-order valence-electron chi connectivity index (χ3n) is 2.91. The lowest BCUT2D eigenvalue weighted by atomic mass is 10.1. The maximum Gasteiger partial charge on any atom is 0.303 e. The fourth-order valence-corrected chi connectivity index (χ4v) is 3.08. The van der Waals surface area contributed by atoms with Crippen molar-refractivity contribution in [3.63, 3.8) is 0 Å². The molecule has 0 bridgehead atoms. The summed E-state index contributed by atoms with van der Waals surface area (Å²) in [4.78, 5) is 11.2. The molecule has 0 amide bonds. The number of aliphatic carboxylic acids is 1. The third-order valence-corrected chi connectivity index (χ3v) is 4.30. The fraction of sp³-hybridized carbons (Fsp3) is 0.538. The molecule has 0 radical (unpaired) electrons. The van der Waals surface area contributed by atoms with Gasteiger partial charge in [0.25, 0.3) is 0 Å². The first-order valence-electron chi connectivity index (χ1n) is 6.33. The molecule has 0 aromatic carbocycles. The van der Waals surface area contributed by atoms with Crippen LogP contribution in [-0.4, -0.2) is 20.7 Å². The number of carboxylic acid groups (broad SMARTS) is 1. The summed E-state index contributed by atoms with van der Waals surface area (Å²) in [5, 5.41) is 18.7. The Kier molecular flexibility index (Phi) is 6.24. The third kappa shape index (κ3) is 4.47. The lowest BCUT2D eigenvalue weighted by molar-refractivity contribution is -0.137. The molecule has 0 saturated carbocycles. The molecule has 0 aliphatic heterocycles. The van der Waals surface area contributed by atoms with E-state index in [0.29, 0.717) is 16.9 Å². The SMILES string of the molecule is CCC(=Cc1sc(=S)n(CCCC(=O)O)c1O)CC. The Morgan fingerprint density at radius 2 is 2.05 bits per heavy atom. The topological polar surface area (TPSA) is 62.5 Å². The van der Waals surface area contributed by atoms with Crippen molar-refractivity contribution in [2.24, 2.45) is 0 Å². The highest BCUT2D eigenvalue weighted by atomic mass is 32.1. The Labute approximate surface area is 122 Å². The molecule has 1 aromatic rings. The molecule has 1 heterocycles. The van der Waals surface area contributed by atoms with Crippen molar-refractivity contribution >= 4 is 35.6 Å². The van der Waals surface area contributed by atoms with E-state index in [1.54, 1.807) is 4.57 Å². The molecule has 6 heteroatoms. The lowest BCUT2D eigenvalue weighted by Gasteiger charge is -2.03. The van der Waals surface area contributed by atoms with Crippen LogP contribution < -0.4 is 0 Å². The van der Waals surface area contributed by atoms with Gasteiger partial charge in [-0.25, -0.2) is 0 Å². The van der Waals surface area contributed by atoms with Crippen LogP contribution in [0.2, 0.25) is 0 Å². The summed E-state index contributed by atoms with van der Waals surface area (Å²) < 4.78 is 2.19. The Morgan fingerprint density at radius 3 is 2.58 bits per heavy atom. The summed E-state index contributed by atoms with van der Waals surface area (Å²) in [6.45, 7) is 4.60. The van der Waals surface area contributed by atoms with E-state index < -0.39 is 5.97 Å². The molecule has 19 heavy (non-hydrogen) atoms. The van der Waals surface area contributed by atoms with Gasteiger partial charge >= 0.3 is 5.97 Å². The zero-order valence-corrected chi connectivity index (χ0v) is 12.8. The predicted molar refractivity (Wildman–Crippen MR) is 80.2 cm³/mol. The maximum atomic E-state index is 10.5. The molecule has 0 saturated heterocycles. The van der Waals surface area contributed by atoms with Gasteiger partial charge in [-0.15, -0.1) is 11.3 Å². The minimum absolute atomic E-state index is 0.0808. The predicted octanol–water partition coefficient (Wildman–Crippen LogP) is 4.05. The minimum Gasteiger partial charge on any atom is -0.493 e. The zero-order chi connectivity index (χ0) is 14.4. The van der Waals surface area contributed by atoms with E-state index in [1.165, 1.54) is 16.9 Å². The van der Waals surface area contributed by atoms with Crippen molar-refractivity contribution in [1.29, 1.82) is 0 Å². The van der Waals surface area contributed by atoms with Gasteiger partial charge in [0.15, 0.2) is 3.95 Å². The number of allylic oxidation sites excluding steroid dienone is 1. The molecule has 1 aromatic heterocycles. The molecule has 0 spiro atoms. The highest BCUT2D eigenvalue weighted by Crippen LogP contribution is 2.29. The molecule has 0 atom stereocenters. The Bertz CT molecular complexity index is 522. The largest absolute Gasteiger partial charge is 0.493 e. The van der Waals surface area contributed by atoms with Gasteiger partial charge in [0, 0.05) is 13.0 Å². The Balaban J connectivity index is 2.91. The van der Waals surface area contributed by atoms with Gasteiger partial charge in [-0.3, -0.25) is 9.36 Å². The van der Waals surface area contributed by atoms with Crippen LogP contribution in [0, 0.1) is 3.95 Å². The monoisotopic (exact) mass is 301 g/mol. The molecule has 0 aliphatic carbocycles. The first kappa shape index (κ1) is 15.9. The Hall–Kier alpha value is -1.14. The van der Waals surface area contributed by atoms with Crippen molar-refractivity contribution in [3.05, 3.63) is 14.4 Å². The summed E-state index contributed by atoms with van der Waals surface area (Å²) >= 11 is 6.57. The average Bonchev–Trinajstić information content (AvgIpc) is 2.62. The Morgan fingerprint density at radius 1 is 1.42 bits per heavy atom. The van der Waals surface area contributed by atoms with E-state index in [4.69, 9.17) is 17.3 Å². The van der Waals surface area contributed by atoms with Crippen LogP contribution in [0.4, 0.5) is 0 Å². The molecule has 0 unspecified atom stereocenters. The summed E-state index contributed by atoms with van der Waals surface area (Å²) in [7, 11) is 0. The molecule has 106 valence electrons. The van der Waals surface area contributed by atoms with Gasteiger partial charge in [0.05, 0.1) is 4.88 Å². The smallest absolute Gasteiger partial charge is 0.303 e. The van der Waals surface area contributed by atoms with Crippen molar-refractivity contribution in [3.8, 4) is 5.88 Å². The first-order valence-corrected chi connectivity index (χ1v) is 7.55. The molecule has 2 N–H and O–H groups in total. The summed E-state index contributed by atoms with van der Waals surface area (Å²) in [6.07, 6.45) is 4.41. The van der Waals surface area contributed by atoms with Gasteiger partial charge in [-0.1, -0.05) is 19.4 Å². The summed E-state index contributed by atoms with van der Waals surface area (Å²) in [5.41, 5.74) is 1.25. The number of rotatable bonds is 7. The fourth-order valence-electron chi connectivity index (χ4n) is 1.73. The van der Waals surface area contributed by atoms with Gasteiger partial charge in [0.2, 0.25) is 5.88 Å². The molecule has 0 aliphatic rings. The first-order chi connectivity index (χ1) is 8.99. The number of thiazole rings is 1.